The van der Waals surface area contributed by atoms with Crippen LogP contribution in [0.2, 0.25) is 0 Å². The molecule has 0 aliphatic carbocycles. The molecule has 190 valence electrons. The highest BCUT2D eigenvalue weighted by atomic mass is 19.2. The zero-order chi connectivity index (χ0) is 25.5. The third-order valence-corrected chi connectivity index (χ3v) is 6.72. The van der Waals surface area contributed by atoms with Gasteiger partial charge in [0.15, 0.2) is 11.6 Å². The average molecular weight is 490 g/mol. The van der Waals surface area contributed by atoms with Gasteiger partial charge >= 0.3 is 6.03 Å². The van der Waals surface area contributed by atoms with Gasteiger partial charge in [-0.15, -0.1) is 0 Å². The highest BCUT2D eigenvalue weighted by Gasteiger charge is 2.38. The number of amides is 2. The zero-order valence-corrected chi connectivity index (χ0v) is 20.6. The number of aliphatic hydroxyl groups is 1. The molecule has 8 nitrogen and oxygen atoms in total. The second-order valence-electron chi connectivity index (χ2n) is 10.6. The molecular weight excluding hydrogens is 456 g/mol. The lowest BCUT2D eigenvalue weighted by atomic mass is 9.85. The molecule has 3 heterocycles. The molecule has 1 aromatic heterocycles. The van der Waals surface area contributed by atoms with Gasteiger partial charge in [0.05, 0.1) is 17.5 Å². The van der Waals surface area contributed by atoms with Gasteiger partial charge in [-0.3, -0.25) is 4.79 Å². The summed E-state index contributed by atoms with van der Waals surface area (Å²) < 4.78 is 28.8. The number of carbonyl (C=O) groups excluding carboxylic acids is 2. The number of halogens is 2. The van der Waals surface area contributed by atoms with Crippen molar-refractivity contribution >= 4 is 11.9 Å². The standard InChI is InChI=1S/C25H33F2N5O3/c1-25(2,3)22(23(34)31-10-5-6-16(33)13-31)28-24(35)32-20-9-11-30(4)14-17(20)21(29-32)15-7-8-18(26)19(27)12-15/h7-8,12,16,22,33H,5-6,9-11,13-14H2,1-4H3,(H,28,35)/t16-,22+/m0/s1. The summed E-state index contributed by atoms with van der Waals surface area (Å²) in [5, 5.41) is 17.4. The van der Waals surface area contributed by atoms with Crippen LogP contribution in [0.4, 0.5) is 13.6 Å². The van der Waals surface area contributed by atoms with Crippen LogP contribution in [0.15, 0.2) is 18.2 Å². The summed E-state index contributed by atoms with van der Waals surface area (Å²) in [5.74, 6) is -2.18. The largest absolute Gasteiger partial charge is 0.391 e. The number of β-amino-alcohol motifs (C(OH)–C–C–N with tert-alkyl or cyclic N) is 1. The second kappa shape index (κ2) is 9.66. The number of carbonyl (C=O) groups is 2. The minimum absolute atomic E-state index is 0.241. The van der Waals surface area contributed by atoms with Gasteiger partial charge in [-0.05, 0) is 43.5 Å². The molecule has 1 saturated heterocycles. The average Bonchev–Trinajstić information content (AvgIpc) is 3.16. The fourth-order valence-corrected chi connectivity index (χ4v) is 4.77. The Morgan fingerprint density at radius 1 is 1.20 bits per heavy atom. The number of benzene rings is 1. The first-order chi connectivity index (χ1) is 16.5. The maximum absolute atomic E-state index is 14.0. The first-order valence-corrected chi connectivity index (χ1v) is 12.0. The summed E-state index contributed by atoms with van der Waals surface area (Å²) in [5.41, 5.74) is 1.67. The van der Waals surface area contributed by atoms with Gasteiger partial charge < -0.3 is 20.2 Å². The molecule has 2 aromatic rings. The lowest BCUT2D eigenvalue weighted by molar-refractivity contribution is -0.138. The molecule has 2 N–H and O–H groups in total. The molecule has 0 bridgehead atoms. The van der Waals surface area contributed by atoms with Crippen molar-refractivity contribution in [3.05, 3.63) is 41.1 Å². The van der Waals surface area contributed by atoms with Gasteiger partial charge in [0.2, 0.25) is 5.91 Å². The van der Waals surface area contributed by atoms with Crippen molar-refractivity contribution < 1.29 is 23.5 Å². The van der Waals surface area contributed by atoms with Gasteiger partial charge in [-0.25, -0.2) is 13.6 Å². The van der Waals surface area contributed by atoms with Gasteiger partial charge in [-0.1, -0.05) is 20.8 Å². The van der Waals surface area contributed by atoms with Crippen LogP contribution < -0.4 is 5.32 Å². The van der Waals surface area contributed by atoms with Crippen molar-refractivity contribution in [2.24, 2.45) is 5.41 Å². The number of fused-ring (bicyclic) bond motifs is 1. The number of nitrogens with zero attached hydrogens (tertiary/aromatic N) is 4. The fraction of sp³-hybridized carbons (Fsp3) is 0.560. The summed E-state index contributed by atoms with van der Waals surface area (Å²) in [6.45, 7) is 7.59. The summed E-state index contributed by atoms with van der Waals surface area (Å²) in [6, 6.07) is 2.19. The van der Waals surface area contributed by atoms with Crippen molar-refractivity contribution in [3.63, 3.8) is 0 Å². The smallest absolute Gasteiger partial charge is 0.343 e. The molecule has 4 rings (SSSR count). The summed E-state index contributed by atoms with van der Waals surface area (Å²) in [4.78, 5) is 30.5. The van der Waals surface area contributed by atoms with Crippen molar-refractivity contribution in [3.8, 4) is 11.3 Å². The minimum Gasteiger partial charge on any atom is -0.391 e. The molecule has 0 saturated carbocycles. The van der Waals surface area contributed by atoms with Crippen LogP contribution in [0, 0.1) is 17.0 Å². The number of likely N-dealkylation sites (tertiary alicyclic amines) is 1. The molecule has 0 radical (unpaired) electrons. The van der Waals surface area contributed by atoms with Crippen LogP contribution in [0.3, 0.4) is 0 Å². The van der Waals surface area contributed by atoms with E-state index < -0.39 is 35.2 Å². The highest BCUT2D eigenvalue weighted by Crippen LogP contribution is 2.31. The number of rotatable bonds is 3. The quantitative estimate of drug-likeness (QED) is 0.692. The van der Waals surface area contributed by atoms with Crippen LogP contribution in [0.5, 0.6) is 0 Å². The van der Waals surface area contributed by atoms with E-state index >= 15 is 0 Å². The zero-order valence-electron chi connectivity index (χ0n) is 20.6. The Balaban J connectivity index is 1.67. The number of hydrogen-bond donors (Lipinski definition) is 2. The molecule has 35 heavy (non-hydrogen) atoms. The second-order valence-corrected chi connectivity index (χ2v) is 10.6. The molecule has 2 aliphatic rings. The van der Waals surface area contributed by atoms with E-state index in [1.165, 1.54) is 10.7 Å². The predicted octanol–water partition coefficient (Wildman–Crippen LogP) is 2.77. The predicted molar refractivity (Wildman–Crippen MR) is 127 cm³/mol. The van der Waals surface area contributed by atoms with Gasteiger partial charge in [0.25, 0.3) is 0 Å². The third kappa shape index (κ3) is 5.23. The molecule has 1 aromatic carbocycles. The first-order valence-electron chi connectivity index (χ1n) is 12.0. The maximum Gasteiger partial charge on any atom is 0.343 e. The summed E-state index contributed by atoms with van der Waals surface area (Å²) in [7, 11) is 1.94. The van der Waals surface area contributed by atoms with Crippen LogP contribution >= 0.6 is 0 Å². The van der Waals surface area contributed by atoms with Gasteiger partial charge in [0.1, 0.15) is 6.04 Å². The van der Waals surface area contributed by atoms with E-state index in [4.69, 9.17) is 0 Å². The molecule has 10 heteroatoms. The Hall–Kier alpha value is -2.85. The number of piperidine rings is 1. The Bertz CT molecular complexity index is 1130. The van der Waals surface area contributed by atoms with E-state index in [-0.39, 0.29) is 12.5 Å². The fourth-order valence-electron chi connectivity index (χ4n) is 4.77. The van der Waals surface area contributed by atoms with Crippen LogP contribution in [0.1, 0.15) is 44.9 Å². The molecule has 2 aliphatic heterocycles. The monoisotopic (exact) mass is 489 g/mol. The van der Waals surface area contributed by atoms with Crippen LogP contribution in [0.25, 0.3) is 11.3 Å². The van der Waals surface area contributed by atoms with Crippen molar-refractivity contribution in [2.75, 3.05) is 26.7 Å². The molecule has 0 unspecified atom stereocenters. The molecule has 0 spiro atoms. The Morgan fingerprint density at radius 2 is 1.94 bits per heavy atom. The number of aliphatic hydroxyl groups excluding tert-OH is 1. The van der Waals surface area contributed by atoms with E-state index in [9.17, 15) is 23.5 Å². The van der Waals surface area contributed by atoms with Crippen LogP contribution in [-0.2, 0) is 17.8 Å². The van der Waals surface area contributed by atoms with E-state index in [0.717, 1.165) is 17.7 Å². The first kappa shape index (κ1) is 25.2. The van der Waals surface area contributed by atoms with Crippen LogP contribution in [-0.4, -0.2) is 75.5 Å². The minimum atomic E-state index is -0.985. The lowest BCUT2D eigenvalue weighted by Crippen LogP contribution is -2.57. The maximum atomic E-state index is 14.0. The third-order valence-electron chi connectivity index (χ3n) is 6.72. The normalized spacial score (nSPS) is 19.9. The van der Waals surface area contributed by atoms with Gasteiger partial charge in [-0.2, -0.15) is 9.78 Å². The SMILES string of the molecule is CN1CCc2c(c(-c3ccc(F)c(F)c3)nn2C(=O)N[C@H](C(=O)N2CCC[C@H](O)C2)C(C)(C)C)C1. The van der Waals surface area contributed by atoms with Gasteiger partial charge in [0, 0.05) is 43.7 Å². The van der Waals surface area contributed by atoms with E-state index in [1.807, 2.05) is 27.8 Å². The summed E-state index contributed by atoms with van der Waals surface area (Å²) in [6.07, 6.45) is 1.33. The number of hydrogen-bond acceptors (Lipinski definition) is 5. The number of likely N-dealkylation sites (N-methyl/N-ethyl adjacent to an activating group) is 1. The molecular formula is C25H33F2N5O3. The molecule has 2 atom stereocenters. The number of aromatic nitrogens is 2. The van der Waals surface area contributed by atoms with E-state index in [1.54, 1.807) is 4.90 Å². The Morgan fingerprint density at radius 3 is 2.60 bits per heavy atom. The topological polar surface area (TPSA) is 90.7 Å². The molecule has 2 amide bonds. The van der Waals surface area contributed by atoms with Crippen molar-refractivity contribution in [1.82, 2.24) is 24.9 Å². The summed E-state index contributed by atoms with van der Waals surface area (Å²) >= 11 is 0. The Labute approximate surface area is 203 Å². The lowest BCUT2D eigenvalue weighted by Gasteiger charge is -2.37. The number of nitrogens with one attached hydrogen (secondary N) is 1. The molecule has 1 fully saturated rings. The van der Waals surface area contributed by atoms with Crippen molar-refractivity contribution in [1.29, 1.82) is 0 Å². The van der Waals surface area contributed by atoms with E-state index in [0.29, 0.717) is 55.8 Å². The van der Waals surface area contributed by atoms with E-state index in [2.05, 4.69) is 15.3 Å². The Kier molecular flexibility index (Phi) is 6.97. The van der Waals surface area contributed by atoms with Crippen molar-refractivity contribution in [2.45, 2.75) is 58.7 Å². The highest BCUT2D eigenvalue weighted by molar-refractivity contribution is 5.89.